The van der Waals surface area contributed by atoms with Crippen LogP contribution in [0.1, 0.15) is 29.2 Å². The van der Waals surface area contributed by atoms with Gasteiger partial charge in [-0.25, -0.2) is 0 Å². The molecule has 0 aliphatic heterocycles. The molecule has 3 aromatic carbocycles. The van der Waals surface area contributed by atoms with E-state index in [0.29, 0.717) is 12.3 Å². The minimum Gasteiger partial charge on any atom is -0.497 e. The SMILES string of the molecule is COc1ccc(CNC(=O)/C=C(\C)c2cc3c(-c4ccc(C)cc4)coc3c(C)c2OC)cc1. The summed E-state index contributed by atoms with van der Waals surface area (Å²) in [6.45, 7) is 6.39. The van der Waals surface area contributed by atoms with Crippen LogP contribution in [0.2, 0.25) is 0 Å². The van der Waals surface area contributed by atoms with Crippen molar-refractivity contribution in [2.75, 3.05) is 14.2 Å². The maximum absolute atomic E-state index is 12.7. The van der Waals surface area contributed by atoms with Crippen LogP contribution in [0.3, 0.4) is 0 Å². The van der Waals surface area contributed by atoms with Crippen LogP contribution in [0, 0.1) is 13.8 Å². The molecule has 0 spiro atoms. The van der Waals surface area contributed by atoms with Gasteiger partial charge < -0.3 is 19.2 Å². The Labute approximate surface area is 200 Å². The van der Waals surface area contributed by atoms with Crippen molar-refractivity contribution < 1.29 is 18.7 Å². The number of benzene rings is 3. The first-order chi connectivity index (χ1) is 16.4. The molecule has 0 radical (unpaired) electrons. The zero-order valence-corrected chi connectivity index (χ0v) is 20.2. The van der Waals surface area contributed by atoms with Gasteiger partial charge in [-0.1, -0.05) is 42.0 Å². The molecular formula is C29H29NO4. The molecule has 1 amide bonds. The summed E-state index contributed by atoms with van der Waals surface area (Å²) in [5.74, 6) is 1.32. The zero-order chi connectivity index (χ0) is 24.2. The molecule has 0 aliphatic rings. The molecule has 0 saturated carbocycles. The van der Waals surface area contributed by atoms with E-state index in [2.05, 4.69) is 36.5 Å². The number of furan rings is 1. The van der Waals surface area contributed by atoms with Gasteiger partial charge in [0, 0.05) is 34.7 Å². The number of ether oxygens (including phenoxy) is 2. The van der Waals surface area contributed by atoms with Gasteiger partial charge in [0.05, 0.1) is 20.5 Å². The van der Waals surface area contributed by atoms with Gasteiger partial charge in [-0.3, -0.25) is 4.79 Å². The second kappa shape index (κ2) is 9.87. The van der Waals surface area contributed by atoms with Crippen molar-refractivity contribution >= 4 is 22.4 Å². The Morgan fingerprint density at radius 2 is 1.71 bits per heavy atom. The minimum absolute atomic E-state index is 0.168. The van der Waals surface area contributed by atoms with E-state index in [0.717, 1.165) is 50.1 Å². The van der Waals surface area contributed by atoms with E-state index in [9.17, 15) is 4.79 Å². The lowest BCUT2D eigenvalue weighted by Crippen LogP contribution is -2.20. The summed E-state index contributed by atoms with van der Waals surface area (Å²) in [5, 5.41) is 3.94. The second-order valence-corrected chi connectivity index (χ2v) is 8.37. The van der Waals surface area contributed by atoms with E-state index >= 15 is 0 Å². The summed E-state index contributed by atoms with van der Waals surface area (Å²) in [7, 11) is 3.27. The normalized spacial score (nSPS) is 11.5. The Balaban J connectivity index is 1.64. The number of hydrogen-bond acceptors (Lipinski definition) is 4. The number of amides is 1. The Morgan fingerprint density at radius 3 is 2.35 bits per heavy atom. The summed E-state index contributed by atoms with van der Waals surface area (Å²) in [6, 6.07) is 18.0. The number of carbonyl (C=O) groups excluding carboxylic acids is 1. The van der Waals surface area contributed by atoms with Crippen LogP contribution >= 0.6 is 0 Å². The van der Waals surface area contributed by atoms with Crippen molar-refractivity contribution in [3.63, 3.8) is 0 Å². The highest BCUT2D eigenvalue weighted by Gasteiger charge is 2.18. The van der Waals surface area contributed by atoms with E-state index in [1.165, 1.54) is 5.56 Å². The van der Waals surface area contributed by atoms with Crippen LogP contribution in [-0.2, 0) is 11.3 Å². The second-order valence-electron chi connectivity index (χ2n) is 8.37. The number of aryl methyl sites for hydroxylation is 2. The summed E-state index contributed by atoms with van der Waals surface area (Å²) < 4.78 is 16.8. The van der Waals surface area contributed by atoms with Crippen LogP contribution < -0.4 is 14.8 Å². The molecule has 0 bridgehead atoms. The Bertz CT molecular complexity index is 1350. The standard InChI is InChI=1S/C29H29NO4/c1-18-6-10-22(11-7-18)26-17-34-29-20(3)28(33-5)24(15-25(26)29)19(2)14-27(31)30-16-21-8-12-23(32-4)13-9-21/h6-15,17H,16H2,1-5H3,(H,30,31)/b19-14+. The highest BCUT2D eigenvalue weighted by atomic mass is 16.5. The number of fused-ring (bicyclic) bond motifs is 1. The number of carbonyl (C=O) groups is 1. The lowest BCUT2D eigenvalue weighted by atomic mass is 9.96. The summed E-state index contributed by atoms with van der Waals surface area (Å²) in [5.41, 5.74) is 7.66. The number of allylic oxidation sites excluding steroid dienone is 1. The van der Waals surface area contributed by atoms with E-state index in [1.807, 2.05) is 44.2 Å². The van der Waals surface area contributed by atoms with E-state index < -0.39 is 0 Å². The number of hydrogen-bond donors (Lipinski definition) is 1. The lowest BCUT2D eigenvalue weighted by Gasteiger charge is -2.13. The third-order valence-corrected chi connectivity index (χ3v) is 6.01. The van der Waals surface area contributed by atoms with Crippen LogP contribution in [0.15, 0.2) is 71.4 Å². The average molecular weight is 456 g/mol. The van der Waals surface area contributed by atoms with Crippen LogP contribution in [-0.4, -0.2) is 20.1 Å². The maximum Gasteiger partial charge on any atom is 0.244 e. The molecule has 5 heteroatoms. The highest BCUT2D eigenvalue weighted by molar-refractivity contribution is 6.01. The van der Waals surface area contributed by atoms with Crippen LogP contribution in [0.25, 0.3) is 27.7 Å². The number of nitrogens with one attached hydrogen (secondary N) is 1. The molecule has 0 fully saturated rings. The first-order valence-electron chi connectivity index (χ1n) is 11.2. The molecule has 1 heterocycles. The quantitative estimate of drug-likeness (QED) is 0.325. The van der Waals surface area contributed by atoms with Crippen molar-refractivity contribution in [1.29, 1.82) is 0 Å². The number of methoxy groups -OCH3 is 2. The fourth-order valence-electron chi connectivity index (χ4n) is 4.09. The largest absolute Gasteiger partial charge is 0.497 e. The molecule has 1 N–H and O–H groups in total. The van der Waals surface area contributed by atoms with Crippen LogP contribution in [0.4, 0.5) is 0 Å². The summed E-state index contributed by atoms with van der Waals surface area (Å²) in [6.07, 6.45) is 3.39. The van der Waals surface area contributed by atoms with Crippen LogP contribution in [0.5, 0.6) is 11.5 Å². The summed E-state index contributed by atoms with van der Waals surface area (Å²) >= 11 is 0. The minimum atomic E-state index is -0.168. The monoisotopic (exact) mass is 455 g/mol. The van der Waals surface area contributed by atoms with E-state index in [4.69, 9.17) is 13.9 Å². The van der Waals surface area contributed by atoms with Crippen molar-refractivity contribution in [2.45, 2.75) is 27.3 Å². The van der Waals surface area contributed by atoms with Gasteiger partial charge in [-0.2, -0.15) is 0 Å². The molecule has 4 aromatic rings. The fraction of sp³-hybridized carbons (Fsp3) is 0.207. The average Bonchev–Trinajstić information content (AvgIpc) is 3.28. The smallest absolute Gasteiger partial charge is 0.244 e. The number of rotatable bonds is 7. The predicted molar refractivity (Wildman–Crippen MR) is 136 cm³/mol. The molecule has 0 atom stereocenters. The van der Waals surface area contributed by atoms with Gasteiger partial charge in [-0.05, 0) is 55.7 Å². The molecule has 174 valence electrons. The van der Waals surface area contributed by atoms with Crippen molar-refractivity contribution in [1.82, 2.24) is 5.32 Å². The third-order valence-electron chi connectivity index (χ3n) is 6.01. The molecule has 5 nitrogen and oxygen atoms in total. The van der Waals surface area contributed by atoms with E-state index in [-0.39, 0.29) is 5.91 Å². The highest BCUT2D eigenvalue weighted by Crippen LogP contribution is 2.40. The van der Waals surface area contributed by atoms with Crippen molar-refractivity contribution in [3.05, 3.63) is 89.2 Å². The first-order valence-corrected chi connectivity index (χ1v) is 11.2. The molecule has 0 saturated heterocycles. The Hall–Kier alpha value is -3.99. The lowest BCUT2D eigenvalue weighted by molar-refractivity contribution is -0.116. The molecule has 1 aromatic heterocycles. The van der Waals surface area contributed by atoms with E-state index in [1.54, 1.807) is 26.6 Å². The van der Waals surface area contributed by atoms with Crippen molar-refractivity contribution in [3.8, 4) is 22.6 Å². The molecular weight excluding hydrogens is 426 g/mol. The molecule has 4 rings (SSSR count). The third kappa shape index (κ3) is 4.69. The topological polar surface area (TPSA) is 60.7 Å². The maximum atomic E-state index is 12.7. The van der Waals surface area contributed by atoms with Gasteiger partial charge in [0.15, 0.2) is 0 Å². The molecule has 34 heavy (non-hydrogen) atoms. The van der Waals surface area contributed by atoms with Crippen molar-refractivity contribution in [2.24, 2.45) is 0 Å². The fourth-order valence-corrected chi connectivity index (χ4v) is 4.09. The van der Waals surface area contributed by atoms with Gasteiger partial charge in [0.25, 0.3) is 0 Å². The Morgan fingerprint density at radius 1 is 1.00 bits per heavy atom. The van der Waals surface area contributed by atoms with Gasteiger partial charge in [-0.15, -0.1) is 0 Å². The molecule has 0 unspecified atom stereocenters. The first kappa shape index (κ1) is 23.2. The van der Waals surface area contributed by atoms with Gasteiger partial charge in [0.2, 0.25) is 5.91 Å². The summed E-state index contributed by atoms with van der Waals surface area (Å²) in [4.78, 5) is 12.7. The predicted octanol–water partition coefficient (Wildman–Crippen LogP) is 6.45. The molecule has 0 aliphatic carbocycles. The van der Waals surface area contributed by atoms with Gasteiger partial charge in [0.1, 0.15) is 17.1 Å². The van der Waals surface area contributed by atoms with Gasteiger partial charge >= 0.3 is 0 Å². The zero-order valence-electron chi connectivity index (χ0n) is 20.2. The Kier molecular flexibility index (Phi) is 6.73.